The van der Waals surface area contributed by atoms with Crippen LogP contribution in [-0.4, -0.2) is 46.1 Å². The lowest BCUT2D eigenvalue weighted by Gasteiger charge is -2.25. The average molecular weight is 428 g/mol. The molecule has 0 saturated heterocycles. The van der Waals surface area contributed by atoms with Gasteiger partial charge in [-0.3, -0.25) is 9.78 Å². The molecule has 0 radical (unpaired) electrons. The molecule has 0 aromatic carbocycles. The number of carboxylic acids is 1. The van der Waals surface area contributed by atoms with Crippen LogP contribution in [0.3, 0.4) is 0 Å². The van der Waals surface area contributed by atoms with Gasteiger partial charge in [-0.15, -0.1) is 11.3 Å². The summed E-state index contributed by atoms with van der Waals surface area (Å²) in [7, 11) is 0. The van der Waals surface area contributed by atoms with Crippen molar-refractivity contribution in [3.8, 4) is 6.07 Å². The lowest BCUT2D eigenvalue weighted by Crippen LogP contribution is -2.36. The molecule has 0 aliphatic carbocycles. The molecule has 0 fully saturated rings. The van der Waals surface area contributed by atoms with Gasteiger partial charge >= 0.3 is 12.1 Å². The fourth-order valence-electron chi connectivity index (χ4n) is 3.21. The van der Waals surface area contributed by atoms with Gasteiger partial charge < -0.3 is 20.1 Å². The summed E-state index contributed by atoms with van der Waals surface area (Å²) in [6, 6.07) is 7.69. The van der Waals surface area contributed by atoms with Gasteiger partial charge in [0.1, 0.15) is 11.1 Å². The van der Waals surface area contributed by atoms with Gasteiger partial charge in [0.15, 0.2) is 6.61 Å². The number of carbonyl (C=O) groups excluding carboxylic acids is 2. The Morgan fingerprint density at radius 3 is 2.90 bits per heavy atom. The van der Waals surface area contributed by atoms with E-state index in [0.717, 1.165) is 16.1 Å². The normalized spacial score (nSPS) is 13.7. The van der Waals surface area contributed by atoms with Crippen molar-refractivity contribution in [1.29, 1.82) is 5.26 Å². The van der Waals surface area contributed by atoms with Gasteiger partial charge in [-0.25, -0.2) is 9.59 Å². The summed E-state index contributed by atoms with van der Waals surface area (Å²) in [5.74, 6) is -1.53. The molecular formula is C20H20N4O5S. The van der Waals surface area contributed by atoms with Crippen molar-refractivity contribution in [1.82, 2.24) is 9.88 Å². The molecule has 0 bridgehead atoms. The number of hydrogen-bond acceptors (Lipinski definition) is 7. The van der Waals surface area contributed by atoms with Crippen molar-refractivity contribution in [3.05, 3.63) is 46.1 Å². The number of carboxylic acid groups (broad SMARTS) is 1. The van der Waals surface area contributed by atoms with Gasteiger partial charge in [-0.05, 0) is 24.1 Å². The predicted octanol–water partition coefficient (Wildman–Crippen LogP) is 2.73. The third-order valence-electron chi connectivity index (χ3n) is 4.68. The molecular weight excluding hydrogens is 408 g/mol. The topological polar surface area (TPSA) is 133 Å². The van der Waals surface area contributed by atoms with Crippen LogP contribution in [0.1, 0.15) is 41.0 Å². The van der Waals surface area contributed by atoms with E-state index in [1.165, 1.54) is 16.2 Å². The Bertz CT molecular complexity index is 999. The molecule has 10 heteroatoms. The van der Waals surface area contributed by atoms with Crippen molar-refractivity contribution in [3.63, 3.8) is 0 Å². The number of pyridine rings is 1. The summed E-state index contributed by atoms with van der Waals surface area (Å²) in [5.41, 5.74) is 2.03. The minimum atomic E-state index is -1.23. The fraction of sp³-hybridized carbons (Fsp3) is 0.350. The van der Waals surface area contributed by atoms with E-state index in [9.17, 15) is 19.6 Å². The highest BCUT2D eigenvalue weighted by atomic mass is 32.1. The number of amides is 2. The molecule has 0 spiro atoms. The van der Waals surface area contributed by atoms with Crippen molar-refractivity contribution in [2.24, 2.45) is 0 Å². The van der Waals surface area contributed by atoms with E-state index in [1.807, 2.05) is 25.1 Å². The number of hydrogen-bond donors (Lipinski definition) is 2. The first-order valence-corrected chi connectivity index (χ1v) is 10.1. The Hall–Kier alpha value is -3.45. The van der Waals surface area contributed by atoms with Gasteiger partial charge in [0.25, 0.3) is 0 Å². The van der Waals surface area contributed by atoms with Gasteiger partial charge in [-0.2, -0.15) is 5.26 Å². The number of carbonyl (C=O) groups is 3. The summed E-state index contributed by atoms with van der Waals surface area (Å²) < 4.78 is 4.72. The van der Waals surface area contributed by atoms with Gasteiger partial charge in [0.05, 0.1) is 12.1 Å². The molecule has 2 aromatic heterocycles. The molecule has 30 heavy (non-hydrogen) atoms. The first-order chi connectivity index (χ1) is 14.4. The SMILES string of the molecule is C[C@@H](CC(=O)Nc1sc2c(c1C#N)CCN(C(=O)OCC(=O)O)C2)c1ccccn1. The molecule has 156 valence electrons. The molecule has 1 atom stereocenters. The van der Waals surface area contributed by atoms with Crippen LogP contribution in [0.2, 0.25) is 0 Å². The highest BCUT2D eigenvalue weighted by molar-refractivity contribution is 7.16. The van der Waals surface area contributed by atoms with Crippen molar-refractivity contribution >= 4 is 34.3 Å². The number of anilines is 1. The van der Waals surface area contributed by atoms with Crippen LogP contribution in [0.25, 0.3) is 0 Å². The van der Waals surface area contributed by atoms with Gasteiger partial charge in [0, 0.05) is 35.7 Å². The highest BCUT2D eigenvalue weighted by Crippen LogP contribution is 2.37. The molecule has 0 unspecified atom stereocenters. The van der Waals surface area contributed by atoms with Crippen molar-refractivity contribution in [2.45, 2.75) is 32.2 Å². The van der Waals surface area contributed by atoms with Crippen LogP contribution in [0.15, 0.2) is 24.4 Å². The number of aromatic nitrogens is 1. The van der Waals surface area contributed by atoms with E-state index in [0.29, 0.717) is 23.5 Å². The third kappa shape index (κ3) is 4.93. The Morgan fingerprint density at radius 2 is 2.23 bits per heavy atom. The third-order valence-corrected chi connectivity index (χ3v) is 5.82. The number of aliphatic carboxylic acids is 1. The minimum Gasteiger partial charge on any atom is -0.479 e. The molecule has 2 aromatic rings. The Kier molecular flexibility index (Phi) is 6.64. The van der Waals surface area contributed by atoms with Crippen molar-refractivity contribution in [2.75, 3.05) is 18.5 Å². The zero-order chi connectivity index (χ0) is 21.7. The van der Waals surface area contributed by atoms with E-state index in [-0.39, 0.29) is 24.8 Å². The number of nitrogens with one attached hydrogen (secondary N) is 1. The second-order valence-electron chi connectivity index (χ2n) is 6.85. The monoisotopic (exact) mass is 428 g/mol. The average Bonchev–Trinajstić information content (AvgIpc) is 3.08. The maximum Gasteiger partial charge on any atom is 0.410 e. The van der Waals surface area contributed by atoms with Crippen LogP contribution in [0.4, 0.5) is 9.80 Å². The molecule has 2 N–H and O–H groups in total. The first kappa shape index (κ1) is 21.3. The molecule has 3 heterocycles. The van der Waals surface area contributed by atoms with Crippen LogP contribution < -0.4 is 5.32 Å². The second-order valence-corrected chi connectivity index (χ2v) is 7.95. The van der Waals surface area contributed by atoms with Gasteiger partial charge in [0.2, 0.25) is 5.91 Å². The van der Waals surface area contributed by atoms with E-state index in [1.54, 1.807) is 6.20 Å². The summed E-state index contributed by atoms with van der Waals surface area (Å²) >= 11 is 1.25. The van der Waals surface area contributed by atoms with Gasteiger partial charge in [-0.1, -0.05) is 13.0 Å². The molecule has 1 aliphatic rings. The number of nitrogens with zero attached hydrogens (tertiary/aromatic N) is 3. The molecule has 3 rings (SSSR count). The fourth-order valence-corrected chi connectivity index (χ4v) is 4.44. The number of nitriles is 1. The lowest BCUT2D eigenvalue weighted by molar-refractivity contribution is -0.140. The number of ether oxygens (including phenoxy) is 1. The standard InChI is InChI=1S/C20H20N4O5S/c1-12(15-4-2-3-6-22-15)8-17(25)23-19-14(9-21)13-5-7-24(10-16(13)30-19)20(28)29-11-18(26)27/h2-4,6,12H,5,7-8,10-11H2,1H3,(H,23,25)(H,26,27)/t12-/m0/s1. The maximum atomic E-state index is 12.5. The first-order valence-electron chi connectivity index (χ1n) is 9.28. The molecule has 0 saturated carbocycles. The highest BCUT2D eigenvalue weighted by Gasteiger charge is 2.28. The lowest BCUT2D eigenvalue weighted by atomic mass is 10.0. The summed E-state index contributed by atoms with van der Waals surface area (Å²) in [5, 5.41) is 21.5. The van der Waals surface area contributed by atoms with Crippen molar-refractivity contribution < 1.29 is 24.2 Å². The van der Waals surface area contributed by atoms with Crippen LogP contribution >= 0.6 is 11.3 Å². The zero-order valence-electron chi connectivity index (χ0n) is 16.3. The van der Waals surface area contributed by atoms with Crippen LogP contribution in [0, 0.1) is 11.3 Å². The number of rotatable bonds is 6. The minimum absolute atomic E-state index is 0.0779. The molecule has 1 aliphatic heterocycles. The van der Waals surface area contributed by atoms with Crippen LogP contribution in [-0.2, 0) is 27.3 Å². The Morgan fingerprint density at radius 1 is 1.43 bits per heavy atom. The summed E-state index contributed by atoms with van der Waals surface area (Å²) in [4.78, 5) is 41.5. The zero-order valence-corrected chi connectivity index (χ0v) is 17.1. The Labute approximate surface area is 176 Å². The molecule has 2 amide bonds. The van der Waals surface area contributed by atoms with E-state index in [2.05, 4.69) is 16.4 Å². The van der Waals surface area contributed by atoms with E-state index >= 15 is 0 Å². The number of thiophene rings is 1. The largest absolute Gasteiger partial charge is 0.479 e. The predicted molar refractivity (Wildman–Crippen MR) is 108 cm³/mol. The summed E-state index contributed by atoms with van der Waals surface area (Å²) in [6.45, 7) is 1.72. The van der Waals surface area contributed by atoms with Crippen LogP contribution in [0.5, 0.6) is 0 Å². The summed E-state index contributed by atoms with van der Waals surface area (Å²) in [6.07, 6.45) is 1.61. The van der Waals surface area contributed by atoms with E-state index < -0.39 is 18.7 Å². The number of fused-ring (bicyclic) bond motifs is 1. The Balaban J connectivity index is 1.68. The quantitative estimate of drug-likeness (QED) is 0.723. The smallest absolute Gasteiger partial charge is 0.410 e. The maximum absolute atomic E-state index is 12.5. The van der Waals surface area contributed by atoms with E-state index in [4.69, 9.17) is 9.84 Å². The second kappa shape index (κ2) is 9.37. The molecule has 9 nitrogen and oxygen atoms in total.